The molecule has 26 heavy (non-hydrogen) atoms. The lowest BCUT2D eigenvalue weighted by Crippen LogP contribution is -2.16. The fourth-order valence-electron chi connectivity index (χ4n) is 2.40. The van der Waals surface area contributed by atoms with E-state index < -0.39 is 0 Å². The van der Waals surface area contributed by atoms with Crippen molar-refractivity contribution in [3.63, 3.8) is 0 Å². The molecule has 1 aromatic heterocycles. The first-order chi connectivity index (χ1) is 12.4. The topological polar surface area (TPSA) is 97.0 Å². The number of benzene rings is 1. The summed E-state index contributed by atoms with van der Waals surface area (Å²) in [5.41, 5.74) is 8.79. The van der Waals surface area contributed by atoms with Crippen LogP contribution >= 0.6 is 11.8 Å². The van der Waals surface area contributed by atoms with Crippen molar-refractivity contribution < 1.29 is 4.79 Å². The molecule has 0 aliphatic carbocycles. The Bertz CT molecular complexity index is 745. The second-order valence-corrected chi connectivity index (χ2v) is 7.38. The number of hydrogen-bond acceptors (Lipinski definition) is 7. The highest BCUT2D eigenvalue weighted by Crippen LogP contribution is 2.20. The minimum absolute atomic E-state index is 0.0438. The van der Waals surface area contributed by atoms with E-state index in [1.165, 1.54) is 0 Å². The molecule has 0 radical (unpaired) electrons. The lowest BCUT2D eigenvalue weighted by molar-refractivity contribution is -0.116. The first-order valence-corrected chi connectivity index (χ1v) is 9.64. The molecule has 0 atom stereocenters. The highest BCUT2D eigenvalue weighted by molar-refractivity contribution is 7.98. The molecule has 7 nitrogen and oxygen atoms in total. The molecule has 8 heteroatoms. The van der Waals surface area contributed by atoms with Gasteiger partial charge < -0.3 is 16.0 Å². The summed E-state index contributed by atoms with van der Waals surface area (Å²) < 4.78 is 0. The number of anilines is 3. The van der Waals surface area contributed by atoms with Gasteiger partial charge in [-0.2, -0.15) is 26.7 Å². The number of amides is 1. The minimum Gasteiger partial charge on any atom is -0.368 e. The summed E-state index contributed by atoms with van der Waals surface area (Å²) in [7, 11) is 3.72. The zero-order valence-corrected chi connectivity index (χ0v) is 16.6. The SMILES string of the molecule is Cc1cccc(C)c1NC(=O)CCCSCc1nc(N)nc(N(C)C)n1. The Labute approximate surface area is 158 Å². The Balaban J connectivity index is 1.75. The maximum Gasteiger partial charge on any atom is 0.229 e. The molecule has 0 unspecified atom stereocenters. The van der Waals surface area contributed by atoms with E-state index in [-0.39, 0.29) is 11.9 Å². The third-order valence-corrected chi connectivity index (χ3v) is 4.80. The van der Waals surface area contributed by atoms with E-state index in [4.69, 9.17) is 5.73 Å². The monoisotopic (exact) mass is 374 g/mol. The van der Waals surface area contributed by atoms with Gasteiger partial charge in [-0.25, -0.2) is 0 Å². The fraction of sp³-hybridized carbons (Fsp3) is 0.444. The summed E-state index contributed by atoms with van der Waals surface area (Å²) in [4.78, 5) is 26.5. The summed E-state index contributed by atoms with van der Waals surface area (Å²) in [6, 6.07) is 5.99. The molecule has 1 heterocycles. The van der Waals surface area contributed by atoms with E-state index in [1.807, 2.05) is 46.1 Å². The van der Waals surface area contributed by atoms with Crippen LogP contribution in [0.15, 0.2) is 18.2 Å². The molecule has 0 saturated carbocycles. The van der Waals surface area contributed by atoms with Crippen LogP contribution in [0, 0.1) is 13.8 Å². The van der Waals surface area contributed by atoms with Crippen LogP contribution in [0.4, 0.5) is 17.6 Å². The number of thioether (sulfide) groups is 1. The van der Waals surface area contributed by atoms with Crippen molar-refractivity contribution in [1.82, 2.24) is 15.0 Å². The highest BCUT2D eigenvalue weighted by atomic mass is 32.2. The van der Waals surface area contributed by atoms with E-state index in [1.54, 1.807) is 16.7 Å². The van der Waals surface area contributed by atoms with Gasteiger partial charge >= 0.3 is 0 Å². The Hall–Kier alpha value is -2.35. The predicted octanol–water partition coefficient (Wildman–Crippen LogP) is 2.79. The highest BCUT2D eigenvalue weighted by Gasteiger charge is 2.08. The number of nitrogens with one attached hydrogen (secondary N) is 1. The van der Waals surface area contributed by atoms with Gasteiger partial charge in [0.2, 0.25) is 17.8 Å². The third-order valence-electron chi connectivity index (χ3n) is 3.76. The molecule has 1 amide bonds. The first kappa shape index (κ1) is 20.0. The molecule has 0 bridgehead atoms. The zero-order chi connectivity index (χ0) is 19.1. The van der Waals surface area contributed by atoms with Crippen molar-refractivity contribution in [2.75, 3.05) is 35.8 Å². The summed E-state index contributed by atoms with van der Waals surface area (Å²) in [5, 5.41) is 3.01. The quantitative estimate of drug-likeness (QED) is 0.686. The maximum absolute atomic E-state index is 12.1. The molecular weight excluding hydrogens is 348 g/mol. The number of aromatic nitrogens is 3. The van der Waals surface area contributed by atoms with Crippen LogP contribution in [-0.4, -0.2) is 40.7 Å². The summed E-state index contributed by atoms with van der Waals surface area (Å²) in [5.74, 6) is 2.98. The van der Waals surface area contributed by atoms with E-state index >= 15 is 0 Å². The van der Waals surface area contributed by atoms with Crippen LogP contribution < -0.4 is 16.0 Å². The number of nitrogens with two attached hydrogens (primary N) is 1. The number of carbonyl (C=O) groups is 1. The minimum atomic E-state index is 0.0438. The molecule has 0 aliphatic heterocycles. The van der Waals surface area contributed by atoms with Crippen LogP contribution in [0.25, 0.3) is 0 Å². The van der Waals surface area contributed by atoms with Gasteiger partial charge in [0.15, 0.2) is 0 Å². The summed E-state index contributed by atoms with van der Waals surface area (Å²) in [6.07, 6.45) is 1.28. The Kier molecular flexibility index (Phi) is 7.20. The Morgan fingerprint density at radius 1 is 1.19 bits per heavy atom. The van der Waals surface area contributed by atoms with Gasteiger partial charge in [0.05, 0.1) is 5.75 Å². The average molecular weight is 375 g/mol. The van der Waals surface area contributed by atoms with E-state index in [0.29, 0.717) is 23.9 Å². The lowest BCUT2D eigenvalue weighted by atomic mass is 10.1. The van der Waals surface area contributed by atoms with Gasteiger partial charge in [0.25, 0.3) is 0 Å². The fourth-order valence-corrected chi connectivity index (χ4v) is 3.21. The van der Waals surface area contributed by atoms with Gasteiger partial charge in [-0.3, -0.25) is 4.79 Å². The molecule has 0 spiro atoms. The normalized spacial score (nSPS) is 10.6. The second-order valence-electron chi connectivity index (χ2n) is 6.28. The largest absolute Gasteiger partial charge is 0.368 e. The smallest absolute Gasteiger partial charge is 0.229 e. The van der Waals surface area contributed by atoms with Crippen LogP contribution in [0.2, 0.25) is 0 Å². The summed E-state index contributed by atoms with van der Waals surface area (Å²) >= 11 is 1.68. The molecule has 2 aromatic rings. The van der Waals surface area contributed by atoms with Crippen LogP contribution in [0.3, 0.4) is 0 Å². The molecule has 0 fully saturated rings. The molecule has 0 aliphatic rings. The van der Waals surface area contributed by atoms with Gasteiger partial charge in [0.1, 0.15) is 5.82 Å². The first-order valence-electron chi connectivity index (χ1n) is 8.48. The van der Waals surface area contributed by atoms with Crippen LogP contribution in [0.5, 0.6) is 0 Å². The van der Waals surface area contributed by atoms with E-state index in [9.17, 15) is 4.79 Å². The Morgan fingerprint density at radius 3 is 2.54 bits per heavy atom. The van der Waals surface area contributed by atoms with Crippen molar-refractivity contribution in [2.24, 2.45) is 0 Å². The molecule has 0 saturated heterocycles. The third kappa shape index (κ3) is 5.87. The number of rotatable bonds is 8. The van der Waals surface area contributed by atoms with E-state index in [2.05, 4.69) is 20.3 Å². The van der Waals surface area contributed by atoms with E-state index in [0.717, 1.165) is 29.0 Å². The predicted molar refractivity (Wildman–Crippen MR) is 109 cm³/mol. The number of para-hydroxylation sites is 1. The molecular formula is C18H26N6OS. The van der Waals surface area contributed by atoms with Crippen LogP contribution in [-0.2, 0) is 10.5 Å². The lowest BCUT2D eigenvalue weighted by Gasteiger charge is -2.12. The number of aryl methyl sites for hydroxylation is 2. The molecule has 140 valence electrons. The molecule has 3 N–H and O–H groups in total. The van der Waals surface area contributed by atoms with Gasteiger partial charge in [0, 0.05) is 26.2 Å². The van der Waals surface area contributed by atoms with Gasteiger partial charge in [-0.1, -0.05) is 18.2 Å². The number of nitrogen functional groups attached to an aromatic ring is 1. The van der Waals surface area contributed by atoms with Crippen molar-refractivity contribution in [1.29, 1.82) is 0 Å². The standard InChI is InChI=1S/C18H26N6OS/c1-12-7-5-8-13(2)16(12)22-15(25)9-6-10-26-11-14-20-17(19)23-18(21-14)24(3)4/h5,7-8H,6,9-11H2,1-4H3,(H,22,25)(H2,19,20,21,23). The zero-order valence-electron chi connectivity index (χ0n) is 15.7. The van der Waals surface area contributed by atoms with Gasteiger partial charge in [-0.05, 0) is 37.1 Å². The van der Waals surface area contributed by atoms with Crippen molar-refractivity contribution in [3.8, 4) is 0 Å². The van der Waals surface area contributed by atoms with Crippen molar-refractivity contribution in [3.05, 3.63) is 35.2 Å². The van der Waals surface area contributed by atoms with Crippen molar-refractivity contribution in [2.45, 2.75) is 32.4 Å². The second kappa shape index (κ2) is 9.38. The average Bonchev–Trinajstić information content (AvgIpc) is 2.57. The maximum atomic E-state index is 12.1. The summed E-state index contributed by atoms with van der Waals surface area (Å²) in [6.45, 7) is 4.00. The van der Waals surface area contributed by atoms with Gasteiger partial charge in [-0.15, -0.1) is 0 Å². The number of nitrogens with zero attached hydrogens (tertiary/aromatic N) is 4. The number of hydrogen-bond donors (Lipinski definition) is 2. The van der Waals surface area contributed by atoms with Crippen molar-refractivity contribution >= 4 is 35.3 Å². The molecule has 2 rings (SSSR count). The Morgan fingerprint density at radius 2 is 1.88 bits per heavy atom. The van der Waals surface area contributed by atoms with Crippen LogP contribution in [0.1, 0.15) is 29.8 Å². The molecule has 1 aromatic carbocycles. The number of carbonyl (C=O) groups excluding carboxylic acids is 1.